The van der Waals surface area contributed by atoms with Crippen molar-refractivity contribution >= 4 is 42.5 Å². The van der Waals surface area contributed by atoms with Gasteiger partial charge in [0.1, 0.15) is 5.82 Å². The minimum absolute atomic E-state index is 0.00136. The summed E-state index contributed by atoms with van der Waals surface area (Å²) in [6.45, 7) is 0. The first-order chi connectivity index (χ1) is 17.1. The summed E-state index contributed by atoms with van der Waals surface area (Å²) in [5.74, 6) is 9.50. The van der Waals surface area contributed by atoms with Gasteiger partial charge in [0.05, 0.1) is 26.4 Å². The number of fused-ring (bicyclic) bond motifs is 1. The van der Waals surface area contributed by atoms with Crippen LogP contribution in [-0.2, 0) is 20.0 Å². The summed E-state index contributed by atoms with van der Waals surface area (Å²) in [6.07, 6.45) is 0. The van der Waals surface area contributed by atoms with Gasteiger partial charge in [0.2, 0.25) is 0 Å². The number of H-pyrrole nitrogens is 1. The normalized spacial score (nSPS) is 11.9. The third kappa shape index (κ3) is 4.87. The van der Waals surface area contributed by atoms with E-state index in [4.69, 9.17) is 11.7 Å². The highest BCUT2D eigenvalue weighted by Crippen LogP contribution is 2.29. The van der Waals surface area contributed by atoms with E-state index in [0.717, 1.165) is 0 Å². The Morgan fingerprint density at radius 1 is 0.833 bits per heavy atom. The van der Waals surface area contributed by atoms with Crippen LogP contribution in [0.15, 0.2) is 81.3 Å². The lowest BCUT2D eigenvalue weighted by Gasteiger charge is -2.13. The van der Waals surface area contributed by atoms with Crippen LogP contribution in [0.3, 0.4) is 0 Å². The Hall–Kier alpha value is -3.99. The van der Waals surface area contributed by atoms with Gasteiger partial charge in [-0.05, 0) is 54.6 Å². The molecule has 0 saturated carbocycles. The van der Waals surface area contributed by atoms with Crippen LogP contribution in [-0.4, -0.2) is 32.7 Å². The molecule has 8 N–H and O–H groups in total. The Balaban J connectivity index is 1.80. The molecule has 0 radical (unpaired) electrons. The largest absolute Gasteiger partial charge is 0.321 e. The van der Waals surface area contributed by atoms with Crippen molar-refractivity contribution in [3.05, 3.63) is 82.6 Å². The number of benzene rings is 3. The van der Waals surface area contributed by atoms with Crippen molar-refractivity contribution in [1.29, 1.82) is 0 Å². The van der Waals surface area contributed by atoms with Crippen LogP contribution in [0.25, 0.3) is 22.3 Å². The number of carbonyl (C=O) groups is 1. The number of nitrogens with two attached hydrogens (primary N) is 2. The van der Waals surface area contributed by atoms with Crippen LogP contribution in [0.1, 0.15) is 10.4 Å². The van der Waals surface area contributed by atoms with Crippen molar-refractivity contribution in [3.8, 4) is 11.4 Å². The Morgan fingerprint density at radius 2 is 1.44 bits per heavy atom. The molecule has 36 heavy (non-hydrogen) atoms. The van der Waals surface area contributed by atoms with Crippen molar-refractivity contribution in [2.75, 3.05) is 5.32 Å². The summed E-state index contributed by atoms with van der Waals surface area (Å²) in [7, 11) is -7.98. The maximum absolute atomic E-state index is 12.9. The second kappa shape index (κ2) is 9.57. The molecule has 13 nitrogen and oxygen atoms in total. The topological polar surface area (TPSA) is 219 Å². The minimum Gasteiger partial charge on any atom is -0.321 e. The lowest BCUT2D eigenvalue weighted by Crippen LogP contribution is -2.30. The molecular weight excluding hydrogens is 510 g/mol. The summed E-state index contributed by atoms with van der Waals surface area (Å²) in [5.41, 5.74) is 0.188. The first-order valence-corrected chi connectivity index (χ1v) is 13.0. The smallest absolute Gasteiger partial charge is 0.259 e. The zero-order valence-electron chi connectivity index (χ0n) is 18.2. The molecule has 0 fully saturated rings. The molecule has 186 valence electrons. The van der Waals surface area contributed by atoms with Gasteiger partial charge in [0.15, 0.2) is 0 Å². The zero-order valence-corrected chi connectivity index (χ0v) is 19.9. The average Bonchev–Trinajstić information content (AvgIpc) is 2.88. The number of rotatable bonds is 7. The van der Waals surface area contributed by atoms with Gasteiger partial charge in [-0.15, -0.1) is 0 Å². The first kappa shape index (κ1) is 25.1. The standard InChI is InChI=1S/C21H19N7O6S2/c22-27-35(31,32)13-7-5-12(6-8-13)20(29)25-18-10-9-14(36(33,34)28-23)11-16(18)19-24-17-4-2-1-3-15(17)21(30)26-19/h1-11,27-28H,22-23H2,(H,25,29)(H,24,26,30). The van der Waals surface area contributed by atoms with Gasteiger partial charge in [0.25, 0.3) is 31.5 Å². The van der Waals surface area contributed by atoms with E-state index in [1.54, 1.807) is 33.9 Å². The highest BCUT2D eigenvalue weighted by atomic mass is 32.2. The number of sulfonamides is 2. The van der Waals surface area contributed by atoms with Gasteiger partial charge in [0, 0.05) is 11.1 Å². The summed E-state index contributed by atoms with van der Waals surface area (Å²) < 4.78 is 48.1. The summed E-state index contributed by atoms with van der Waals surface area (Å²) in [5, 5.41) is 2.95. The molecule has 0 atom stereocenters. The fourth-order valence-electron chi connectivity index (χ4n) is 3.33. The first-order valence-electron chi connectivity index (χ1n) is 10.1. The van der Waals surface area contributed by atoms with Crippen LogP contribution >= 0.6 is 0 Å². The SMILES string of the molecule is NNS(=O)(=O)c1ccc(C(=O)Nc2ccc(S(=O)(=O)NN)cc2-c2nc3ccccc3c(=O)[nH]2)cc1. The molecule has 0 aliphatic rings. The molecule has 15 heteroatoms. The molecule has 0 unspecified atom stereocenters. The molecule has 1 aromatic heterocycles. The number of anilines is 1. The summed E-state index contributed by atoms with van der Waals surface area (Å²) >= 11 is 0. The van der Waals surface area contributed by atoms with Crippen molar-refractivity contribution < 1.29 is 21.6 Å². The van der Waals surface area contributed by atoms with Gasteiger partial charge in [-0.2, -0.15) is 9.66 Å². The molecule has 0 saturated heterocycles. The number of para-hydroxylation sites is 1. The van der Waals surface area contributed by atoms with Crippen molar-refractivity contribution in [3.63, 3.8) is 0 Å². The Kier molecular flexibility index (Phi) is 6.68. The van der Waals surface area contributed by atoms with Gasteiger partial charge < -0.3 is 10.3 Å². The van der Waals surface area contributed by atoms with Gasteiger partial charge in [-0.1, -0.05) is 12.1 Å². The predicted octanol–water partition coefficient (Wildman–Crippen LogP) is 0.146. The quantitative estimate of drug-likeness (QED) is 0.141. The Morgan fingerprint density at radius 3 is 2.11 bits per heavy atom. The van der Waals surface area contributed by atoms with E-state index in [9.17, 15) is 26.4 Å². The third-order valence-electron chi connectivity index (χ3n) is 5.15. The van der Waals surface area contributed by atoms with E-state index in [0.29, 0.717) is 10.9 Å². The number of nitrogens with zero attached hydrogens (tertiary/aromatic N) is 1. The molecule has 4 aromatic rings. The average molecular weight is 530 g/mol. The van der Waals surface area contributed by atoms with E-state index < -0.39 is 31.5 Å². The van der Waals surface area contributed by atoms with Crippen molar-refractivity contribution in [2.45, 2.75) is 9.79 Å². The second-order valence-electron chi connectivity index (χ2n) is 7.36. The third-order valence-corrected chi connectivity index (χ3v) is 7.54. The van der Waals surface area contributed by atoms with Gasteiger partial charge in [-0.25, -0.2) is 21.8 Å². The molecule has 1 heterocycles. The lowest BCUT2D eigenvalue weighted by molar-refractivity contribution is 0.102. The van der Waals surface area contributed by atoms with E-state index in [-0.39, 0.29) is 32.4 Å². The number of hydrogen-bond donors (Lipinski definition) is 6. The number of hydrazine groups is 2. The van der Waals surface area contributed by atoms with Crippen LogP contribution in [0, 0.1) is 0 Å². The van der Waals surface area contributed by atoms with E-state index in [1.807, 2.05) is 0 Å². The number of aromatic amines is 1. The van der Waals surface area contributed by atoms with Crippen LogP contribution in [0.5, 0.6) is 0 Å². The fourth-order valence-corrected chi connectivity index (χ4v) is 4.61. The Labute approximate surface area is 204 Å². The van der Waals surface area contributed by atoms with Gasteiger partial charge in [-0.3, -0.25) is 21.3 Å². The number of carbonyl (C=O) groups excluding carboxylic acids is 1. The fraction of sp³-hybridized carbons (Fsp3) is 0. The number of amides is 1. The van der Waals surface area contributed by atoms with E-state index >= 15 is 0 Å². The molecule has 0 aliphatic heterocycles. The Bertz CT molecular complexity index is 1750. The maximum Gasteiger partial charge on any atom is 0.259 e. The molecular formula is C21H19N7O6S2. The van der Waals surface area contributed by atoms with Crippen molar-refractivity contribution in [2.24, 2.45) is 11.7 Å². The zero-order chi connectivity index (χ0) is 26.1. The predicted molar refractivity (Wildman–Crippen MR) is 131 cm³/mol. The molecule has 0 aliphatic carbocycles. The molecule has 4 rings (SSSR count). The molecule has 0 bridgehead atoms. The van der Waals surface area contributed by atoms with Crippen LogP contribution < -0.4 is 32.2 Å². The molecule has 3 aromatic carbocycles. The number of hydrogen-bond acceptors (Lipinski definition) is 9. The van der Waals surface area contributed by atoms with Crippen molar-refractivity contribution in [1.82, 2.24) is 19.6 Å². The maximum atomic E-state index is 12.9. The molecule has 0 spiro atoms. The van der Waals surface area contributed by atoms with E-state index in [1.165, 1.54) is 42.5 Å². The molecule has 1 amide bonds. The lowest BCUT2D eigenvalue weighted by atomic mass is 10.1. The highest BCUT2D eigenvalue weighted by Gasteiger charge is 2.20. The van der Waals surface area contributed by atoms with Crippen LogP contribution in [0.4, 0.5) is 5.69 Å². The number of aromatic nitrogens is 2. The highest BCUT2D eigenvalue weighted by molar-refractivity contribution is 7.89. The summed E-state index contributed by atoms with van der Waals surface area (Å²) in [6, 6.07) is 15.2. The van der Waals surface area contributed by atoms with E-state index in [2.05, 4.69) is 15.3 Å². The minimum atomic E-state index is -4.08. The number of nitrogens with one attached hydrogen (secondary N) is 4. The monoisotopic (exact) mass is 529 g/mol. The van der Waals surface area contributed by atoms with Crippen LogP contribution in [0.2, 0.25) is 0 Å². The second-order valence-corrected chi connectivity index (χ2v) is 10.8. The summed E-state index contributed by atoms with van der Waals surface area (Å²) in [4.78, 5) is 35.5. The van der Waals surface area contributed by atoms with Gasteiger partial charge >= 0.3 is 0 Å².